The van der Waals surface area contributed by atoms with Crippen LogP contribution < -0.4 is 5.32 Å². The van der Waals surface area contributed by atoms with Gasteiger partial charge in [-0.3, -0.25) is 9.69 Å². The van der Waals surface area contributed by atoms with E-state index in [1.807, 2.05) is 0 Å². The van der Waals surface area contributed by atoms with Gasteiger partial charge in [-0.25, -0.2) is 0 Å². The number of carbonyl (C=O) groups is 1. The standard InChI is InChI=1S/C18H21ClN2OS/c19-16-6-4-5-14(11-16)18(22)20-12-17(15-7-10-23-13-15)21-8-2-1-3-9-21/h4-7,10-11,13,17H,1-3,8-9,12H2,(H,20,22). The molecule has 1 amide bonds. The van der Waals surface area contributed by atoms with Gasteiger partial charge in [-0.1, -0.05) is 24.1 Å². The van der Waals surface area contributed by atoms with Crippen molar-refractivity contribution in [1.29, 1.82) is 0 Å². The molecule has 1 aliphatic rings. The molecule has 0 radical (unpaired) electrons. The molecule has 0 spiro atoms. The first-order chi connectivity index (χ1) is 11.2. The Labute approximate surface area is 146 Å². The molecule has 0 bridgehead atoms. The van der Waals surface area contributed by atoms with Crippen molar-refractivity contribution in [2.24, 2.45) is 0 Å². The quantitative estimate of drug-likeness (QED) is 0.870. The Kier molecular flexibility index (Phi) is 5.70. The molecular weight excluding hydrogens is 328 g/mol. The largest absolute Gasteiger partial charge is 0.350 e. The molecule has 1 atom stereocenters. The molecule has 1 aliphatic heterocycles. The van der Waals surface area contributed by atoms with Crippen molar-refractivity contribution in [1.82, 2.24) is 10.2 Å². The zero-order chi connectivity index (χ0) is 16.1. The van der Waals surface area contributed by atoms with Gasteiger partial charge in [0.15, 0.2) is 0 Å². The molecule has 23 heavy (non-hydrogen) atoms. The number of thiophene rings is 1. The SMILES string of the molecule is O=C(NCC(c1ccsc1)N1CCCCC1)c1cccc(Cl)c1. The molecule has 122 valence electrons. The molecule has 3 nitrogen and oxygen atoms in total. The van der Waals surface area contributed by atoms with Crippen LogP contribution in [0.4, 0.5) is 0 Å². The summed E-state index contributed by atoms with van der Waals surface area (Å²) < 4.78 is 0. The van der Waals surface area contributed by atoms with Crippen molar-refractivity contribution < 1.29 is 4.79 Å². The third-order valence-electron chi connectivity index (χ3n) is 4.30. The number of hydrogen-bond acceptors (Lipinski definition) is 3. The number of halogens is 1. The second-order valence-corrected chi connectivity index (χ2v) is 7.11. The Balaban J connectivity index is 1.67. The number of nitrogens with zero attached hydrogens (tertiary/aromatic N) is 1. The van der Waals surface area contributed by atoms with Crippen molar-refractivity contribution in [2.45, 2.75) is 25.3 Å². The van der Waals surface area contributed by atoms with Gasteiger partial charge in [0.1, 0.15) is 0 Å². The lowest BCUT2D eigenvalue weighted by atomic mass is 10.0. The fourth-order valence-corrected chi connectivity index (χ4v) is 3.97. The average molecular weight is 349 g/mol. The summed E-state index contributed by atoms with van der Waals surface area (Å²) in [6.45, 7) is 2.84. The van der Waals surface area contributed by atoms with Crippen molar-refractivity contribution in [3.63, 3.8) is 0 Å². The highest BCUT2D eigenvalue weighted by atomic mass is 35.5. The second kappa shape index (κ2) is 7.95. The van der Waals surface area contributed by atoms with Gasteiger partial charge >= 0.3 is 0 Å². The third kappa shape index (κ3) is 4.34. The van der Waals surface area contributed by atoms with Gasteiger partial charge in [-0.15, -0.1) is 0 Å². The van der Waals surface area contributed by atoms with Gasteiger partial charge in [-0.05, 0) is 66.5 Å². The number of rotatable bonds is 5. The molecule has 2 heterocycles. The van der Waals surface area contributed by atoms with Gasteiger partial charge in [-0.2, -0.15) is 11.3 Å². The fourth-order valence-electron chi connectivity index (χ4n) is 3.07. The number of hydrogen-bond donors (Lipinski definition) is 1. The zero-order valence-electron chi connectivity index (χ0n) is 13.0. The van der Waals surface area contributed by atoms with Crippen LogP contribution in [0.25, 0.3) is 0 Å². The number of piperidine rings is 1. The highest BCUT2D eigenvalue weighted by Gasteiger charge is 2.23. The van der Waals surface area contributed by atoms with Gasteiger partial charge in [0.2, 0.25) is 0 Å². The van der Waals surface area contributed by atoms with E-state index in [1.165, 1.54) is 24.8 Å². The number of likely N-dealkylation sites (tertiary alicyclic amines) is 1. The Morgan fingerprint density at radius 1 is 1.26 bits per heavy atom. The van der Waals surface area contributed by atoms with Gasteiger partial charge in [0.05, 0.1) is 6.04 Å². The summed E-state index contributed by atoms with van der Waals surface area (Å²) in [5, 5.41) is 7.95. The monoisotopic (exact) mass is 348 g/mol. The molecule has 0 aliphatic carbocycles. The summed E-state index contributed by atoms with van der Waals surface area (Å²) in [4.78, 5) is 14.9. The predicted octanol–water partition coefficient (Wildman–Crippen LogP) is 4.36. The highest BCUT2D eigenvalue weighted by Crippen LogP contribution is 2.26. The van der Waals surface area contributed by atoms with E-state index in [0.717, 1.165) is 13.1 Å². The van der Waals surface area contributed by atoms with E-state index < -0.39 is 0 Å². The molecule has 1 aromatic heterocycles. The van der Waals surface area contributed by atoms with Crippen molar-refractivity contribution in [2.75, 3.05) is 19.6 Å². The Bertz CT molecular complexity index is 638. The third-order valence-corrected chi connectivity index (χ3v) is 5.24. The highest BCUT2D eigenvalue weighted by molar-refractivity contribution is 7.07. The van der Waals surface area contributed by atoms with Crippen molar-refractivity contribution >= 4 is 28.8 Å². The van der Waals surface area contributed by atoms with Gasteiger partial charge < -0.3 is 5.32 Å². The Hall–Kier alpha value is -1.36. The molecule has 1 unspecified atom stereocenters. The van der Waals surface area contributed by atoms with Crippen LogP contribution >= 0.6 is 22.9 Å². The summed E-state index contributed by atoms with van der Waals surface area (Å²) >= 11 is 7.68. The van der Waals surface area contributed by atoms with E-state index in [0.29, 0.717) is 17.1 Å². The minimum absolute atomic E-state index is 0.0651. The zero-order valence-corrected chi connectivity index (χ0v) is 14.6. The summed E-state index contributed by atoms with van der Waals surface area (Å²) in [5.74, 6) is -0.0651. The number of nitrogens with one attached hydrogen (secondary N) is 1. The van der Waals surface area contributed by atoms with Crippen LogP contribution in [0.15, 0.2) is 41.1 Å². The maximum absolute atomic E-state index is 12.4. The molecular formula is C18H21ClN2OS. The second-order valence-electron chi connectivity index (χ2n) is 5.89. The van der Waals surface area contributed by atoms with E-state index in [4.69, 9.17) is 11.6 Å². The van der Waals surface area contributed by atoms with E-state index in [9.17, 15) is 4.79 Å². The average Bonchev–Trinajstić information content (AvgIpc) is 3.10. The summed E-state index contributed by atoms with van der Waals surface area (Å²) in [5.41, 5.74) is 1.91. The normalized spacial score (nSPS) is 16.9. The molecule has 2 aromatic rings. The number of benzene rings is 1. The molecule has 0 saturated carbocycles. The minimum Gasteiger partial charge on any atom is -0.350 e. The number of carbonyl (C=O) groups excluding carboxylic acids is 1. The first-order valence-corrected chi connectivity index (χ1v) is 9.36. The van der Waals surface area contributed by atoms with Crippen LogP contribution in [-0.4, -0.2) is 30.4 Å². The lowest BCUT2D eigenvalue weighted by molar-refractivity contribution is 0.0924. The van der Waals surface area contributed by atoms with Crippen LogP contribution in [0, 0.1) is 0 Å². The molecule has 1 saturated heterocycles. The molecule has 1 N–H and O–H groups in total. The molecule has 1 fully saturated rings. The molecule has 1 aromatic carbocycles. The van der Waals surface area contributed by atoms with Crippen LogP contribution in [-0.2, 0) is 0 Å². The first-order valence-electron chi connectivity index (χ1n) is 8.04. The van der Waals surface area contributed by atoms with Crippen LogP contribution in [0.3, 0.4) is 0 Å². The van der Waals surface area contributed by atoms with Crippen LogP contribution in [0.2, 0.25) is 5.02 Å². The van der Waals surface area contributed by atoms with Crippen molar-refractivity contribution in [3.05, 3.63) is 57.2 Å². The van der Waals surface area contributed by atoms with E-state index in [1.54, 1.807) is 35.6 Å². The molecule has 3 rings (SSSR count). The maximum atomic E-state index is 12.4. The van der Waals surface area contributed by atoms with Crippen LogP contribution in [0.5, 0.6) is 0 Å². The first kappa shape index (κ1) is 16.5. The Morgan fingerprint density at radius 3 is 2.78 bits per heavy atom. The summed E-state index contributed by atoms with van der Waals surface area (Å²) in [7, 11) is 0. The van der Waals surface area contributed by atoms with Gasteiger partial charge in [0, 0.05) is 17.1 Å². The van der Waals surface area contributed by atoms with E-state index in [-0.39, 0.29) is 11.9 Å². The summed E-state index contributed by atoms with van der Waals surface area (Å²) in [6.07, 6.45) is 3.79. The van der Waals surface area contributed by atoms with E-state index >= 15 is 0 Å². The lowest BCUT2D eigenvalue weighted by Crippen LogP contribution is -2.40. The topological polar surface area (TPSA) is 32.3 Å². The minimum atomic E-state index is -0.0651. The fraction of sp³-hybridized carbons (Fsp3) is 0.389. The predicted molar refractivity (Wildman–Crippen MR) is 96.3 cm³/mol. The maximum Gasteiger partial charge on any atom is 0.251 e. The van der Waals surface area contributed by atoms with Gasteiger partial charge in [0.25, 0.3) is 5.91 Å². The van der Waals surface area contributed by atoms with Crippen molar-refractivity contribution in [3.8, 4) is 0 Å². The molecule has 5 heteroatoms. The Morgan fingerprint density at radius 2 is 2.09 bits per heavy atom. The van der Waals surface area contributed by atoms with E-state index in [2.05, 4.69) is 27.0 Å². The van der Waals surface area contributed by atoms with Crippen LogP contribution in [0.1, 0.15) is 41.2 Å². The summed E-state index contributed by atoms with van der Waals surface area (Å²) in [6, 6.07) is 9.50. The smallest absolute Gasteiger partial charge is 0.251 e. The lowest BCUT2D eigenvalue weighted by Gasteiger charge is -2.34. The number of amides is 1.